The van der Waals surface area contributed by atoms with Crippen LogP contribution < -0.4 is 9.47 Å². The van der Waals surface area contributed by atoms with E-state index in [1.807, 2.05) is 61.7 Å². The van der Waals surface area contributed by atoms with Crippen molar-refractivity contribution >= 4 is 24.1 Å². The van der Waals surface area contributed by atoms with Crippen LogP contribution in [0.25, 0.3) is 0 Å². The number of carbonyl (C=O) groups excluding carboxylic acids is 2. The normalized spacial score (nSPS) is 23.0. The number of hydrogen-bond donors (Lipinski definition) is 0. The Morgan fingerprint density at radius 3 is 1.66 bits per heavy atom. The number of methoxy groups -OCH3 is 2. The van der Waals surface area contributed by atoms with Crippen LogP contribution in [0.1, 0.15) is 66.0 Å². The van der Waals surface area contributed by atoms with E-state index in [1.165, 1.54) is 11.8 Å². The zero-order chi connectivity index (χ0) is 34.8. The van der Waals surface area contributed by atoms with Crippen LogP contribution in [0.15, 0.2) is 48.5 Å². The van der Waals surface area contributed by atoms with Crippen molar-refractivity contribution < 1.29 is 52.2 Å². The Balaban J connectivity index is 2.00. The number of benzene rings is 2. The molecule has 262 valence electrons. The molecule has 47 heavy (non-hydrogen) atoms. The van der Waals surface area contributed by atoms with Gasteiger partial charge in [0.15, 0.2) is 12.2 Å². The van der Waals surface area contributed by atoms with Crippen LogP contribution in [0.5, 0.6) is 11.5 Å². The van der Waals surface area contributed by atoms with Crippen molar-refractivity contribution in [1.29, 1.82) is 0 Å². The molecule has 0 radical (unpaired) electrons. The lowest BCUT2D eigenvalue weighted by Gasteiger charge is -2.51. The third kappa shape index (κ3) is 11.5. The van der Waals surface area contributed by atoms with E-state index in [9.17, 15) is 9.59 Å². The van der Waals surface area contributed by atoms with Crippen molar-refractivity contribution in [3.8, 4) is 11.5 Å². The quantitative estimate of drug-likeness (QED) is 0.198. The molecule has 0 spiro atoms. The maximum absolute atomic E-state index is 13.2. The summed E-state index contributed by atoms with van der Waals surface area (Å²) < 4.78 is 53.0. The van der Waals surface area contributed by atoms with Crippen LogP contribution in [0.3, 0.4) is 0 Å². The van der Waals surface area contributed by atoms with Crippen LogP contribution in [-0.2, 0) is 46.4 Å². The molecule has 11 nitrogen and oxygen atoms in total. The minimum absolute atomic E-state index is 0.00117. The third-order valence-electron chi connectivity index (χ3n) is 7.15. The lowest BCUT2D eigenvalue weighted by Crippen LogP contribution is -2.66. The molecule has 0 amide bonds. The predicted octanol–water partition coefficient (Wildman–Crippen LogP) is 7.31. The molecule has 2 aromatic rings. The highest BCUT2D eigenvalue weighted by Crippen LogP contribution is 2.44. The van der Waals surface area contributed by atoms with Gasteiger partial charge >= 0.3 is 12.3 Å². The standard InChI is InChI=1S/C35H50O11S/c1-11-35(47-10)30(41-21-24-14-18-26(39-9)19-15-24)29(43-32(37)46-34(5,6)7)28(42-31(36)45-33(2,3)4)27(44-35)22-40-20-23-12-16-25(38-8)17-13-23/h12-19,27-30H,11,20-22H2,1-10H3/t27-,28+,29+,30-,35+/m1/s1. The molecule has 1 heterocycles. The first kappa shape index (κ1) is 38.3. The monoisotopic (exact) mass is 678 g/mol. The summed E-state index contributed by atoms with van der Waals surface area (Å²) in [6.45, 7) is 12.7. The SMILES string of the molecule is CC[C@@]1(SC)O[C@H](COCc2ccc(OC)cc2)[C@H](OC(=O)OC(C)(C)C)[C@H](OC(=O)OC(C)(C)C)[C@H]1OCc1ccc(OC)cc1. The highest BCUT2D eigenvalue weighted by atomic mass is 32.2. The molecule has 0 aliphatic carbocycles. The Morgan fingerprint density at radius 1 is 0.766 bits per heavy atom. The number of rotatable bonds is 13. The second-order valence-electron chi connectivity index (χ2n) is 13.1. The Hall–Kier alpha value is -3.19. The first-order chi connectivity index (χ1) is 22.1. The minimum atomic E-state index is -1.18. The molecule has 1 saturated heterocycles. The van der Waals surface area contributed by atoms with E-state index < -0.39 is 52.9 Å². The van der Waals surface area contributed by atoms with E-state index >= 15 is 0 Å². The first-order valence-corrected chi connectivity index (χ1v) is 16.8. The molecule has 0 saturated carbocycles. The largest absolute Gasteiger partial charge is 0.509 e. The summed E-state index contributed by atoms with van der Waals surface area (Å²) in [6.07, 6.45) is -3.65. The van der Waals surface area contributed by atoms with Crippen molar-refractivity contribution in [2.24, 2.45) is 0 Å². The van der Waals surface area contributed by atoms with Crippen LogP contribution in [0.4, 0.5) is 9.59 Å². The molecule has 5 atom stereocenters. The van der Waals surface area contributed by atoms with Gasteiger partial charge in [0.1, 0.15) is 39.8 Å². The zero-order valence-corrected chi connectivity index (χ0v) is 30.0. The maximum atomic E-state index is 13.2. The van der Waals surface area contributed by atoms with Crippen molar-refractivity contribution in [3.05, 3.63) is 59.7 Å². The maximum Gasteiger partial charge on any atom is 0.509 e. The summed E-state index contributed by atoms with van der Waals surface area (Å²) in [7, 11) is 3.20. The summed E-state index contributed by atoms with van der Waals surface area (Å²) in [5.74, 6) is 1.43. The van der Waals surface area contributed by atoms with Gasteiger partial charge in [0, 0.05) is 0 Å². The second-order valence-corrected chi connectivity index (χ2v) is 14.2. The van der Waals surface area contributed by atoms with Gasteiger partial charge in [0.25, 0.3) is 0 Å². The average molecular weight is 679 g/mol. The minimum Gasteiger partial charge on any atom is -0.497 e. The Labute approximate surface area is 282 Å². The predicted molar refractivity (Wildman–Crippen MR) is 178 cm³/mol. The lowest BCUT2D eigenvalue weighted by atomic mass is 9.92. The first-order valence-electron chi connectivity index (χ1n) is 15.6. The van der Waals surface area contributed by atoms with E-state index in [2.05, 4.69) is 0 Å². The fourth-order valence-corrected chi connectivity index (χ4v) is 5.88. The van der Waals surface area contributed by atoms with Gasteiger partial charge in [-0.3, -0.25) is 0 Å². The molecule has 2 aromatic carbocycles. The van der Waals surface area contributed by atoms with Gasteiger partial charge in [-0.15, -0.1) is 11.8 Å². The molecule has 1 aliphatic heterocycles. The molecular formula is C35H50O11S. The van der Waals surface area contributed by atoms with Gasteiger partial charge in [-0.25, -0.2) is 9.59 Å². The third-order valence-corrected chi connectivity index (χ3v) is 8.46. The van der Waals surface area contributed by atoms with Crippen molar-refractivity contribution in [2.45, 2.75) is 109 Å². The van der Waals surface area contributed by atoms with Gasteiger partial charge in [-0.05, 0) is 89.6 Å². The van der Waals surface area contributed by atoms with E-state index in [4.69, 9.17) is 42.6 Å². The van der Waals surface area contributed by atoms with Crippen LogP contribution >= 0.6 is 11.8 Å². The molecule has 3 rings (SSSR count). The highest BCUT2D eigenvalue weighted by molar-refractivity contribution is 7.99. The Bertz CT molecular complexity index is 1260. The molecule has 1 aliphatic rings. The average Bonchev–Trinajstić information content (AvgIpc) is 3.00. The van der Waals surface area contributed by atoms with Crippen LogP contribution in [-0.4, -0.2) is 79.9 Å². The lowest BCUT2D eigenvalue weighted by molar-refractivity contribution is -0.265. The van der Waals surface area contributed by atoms with Gasteiger partial charge in [-0.2, -0.15) is 0 Å². The van der Waals surface area contributed by atoms with E-state index in [1.54, 1.807) is 55.8 Å². The molecule has 12 heteroatoms. The van der Waals surface area contributed by atoms with Crippen molar-refractivity contribution in [3.63, 3.8) is 0 Å². The zero-order valence-electron chi connectivity index (χ0n) is 29.2. The fourth-order valence-electron chi connectivity index (χ4n) is 4.93. The van der Waals surface area contributed by atoms with Gasteiger partial charge < -0.3 is 42.6 Å². The summed E-state index contributed by atoms with van der Waals surface area (Å²) in [5.41, 5.74) is 0.0685. The van der Waals surface area contributed by atoms with E-state index in [0.717, 1.165) is 16.9 Å². The number of ether oxygens (including phenoxy) is 9. The van der Waals surface area contributed by atoms with Gasteiger partial charge in [0.2, 0.25) is 0 Å². The smallest absolute Gasteiger partial charge is 0.497 e. The number of thioether (sulfide) groups is 1. The molecule has 0 aromatic heterocycles. The summed E-state index contributed by atoms with van der Waals surface area (Å²) in [4.78, 5) is 25.4. The number of hydrogen-bond acceptors (Lipinski definition) is 12. The van der Waals surface area contributed by atoms with Gasteiger partial charge in [-0.1, -0.05) is 31.2 Å². The molecule has 1 fully saturated rings. The molecule has 0 N–H and O–H groups in total. The van der Waals surface area contributed by atoms with Crippen LogP contribution in [0.2, 0.25) is 0 Å². The van der Waals surface area contributed by atoms with Crippen molar-refractivity contribution in [2.75, 3.05) is 27.1 Å². The second kappa shape index (κ2) is 16.8. The molecule has 0 unspecified atom stereocenters. The highest BCUT2D eigenvalue weighted by Gasteiger charge is 2.58. The van der Waals surface area contributed by atoms with Crippen LogP contribution in [0, 0.1) is 0 Å². The van der Waals surface area contributed by atoms with Crippen molar-refractivity contribution in [1.82, 2.24) is 0 Å². The Morgan fingerprint density at radius 2 is 1.23 bits per heavy atom. The van der Waals surface area contributed by atoms with E-state index in [-0.39, 0.29) is 19.8 Å². The molecule has 0 bridgehead atoms. The fraction of sp³-hybridized carbons (Fsp3) is 0.600. The summed E-state index contributed by atoms with van der Waals surface area (Å²) >= 11 is 1.41. The molecular weight excluding hydrogens is 628 g/mol. The number of carbonyl (C=O) groups is 2. The topological polar surface area (TPSA) is 117 Å². The van der Waals surface area contributed by atoms with Gasteiger partial charge in [0.05, 0.1) is 34.0 Å². The summed E-state index contributed by atoms with van der Waals surface area (Å²) in [5, 5.41) is 0. The summed E-state index contributed by atoms with van der Waals surface area (Å²) in [6, 6.07) is 14.9. The Kier molecular flexibility index (Phi) is 13.6. The van der Waals surface area contributed by atoms with E-state index in [0.29, 0.717) is 12.2 Å².